The highest BCUT2D eigenvalue weighted by molar-refractivity contribution is 6.05. The monoisotopic (exact) mass is 231 g/mol. The minimum absolute atomic E-state index is 0.150. The highest BCUT2D eigenvalue weighted by Gasteiger charge is 2.11. The first kappa shape index (κ1) is 11.2. The van der Waals surface area contributed by atoms with E-state index in [2.05, 4.69) is 15.5 Å². The lowest BCUT2D eigenvalue weighted by atomic mass is 10.1. The SMILES string of the molecule is Cc1cc(O)ccc1C(=O)Nc1[nH]ncc1C. The van der Waals surface area contributed by atoms with Crippen molar-refractivity contribution in [2.24, 2.45) is 0 Å². The summed E-state index contributed by atoms with van der Waals surface area (Å²) in [6.45, 7) is 3.62. The molecule has 0 aliphatic rings. The first-order valence-electron chi connectivity index (χ1n) is 5.19. The molecule has 0 atom stereocenters. The minimum atomic E-state index is -0.227. The predicted molar refractivity (Wildman–Crippen MR) is 64.1 cm³/mol. The van der Waals surface area contributed by atoms with Crippen molar-refractivity contribution in [3.05, 3.63) is 41.1 Å². The summed E-state index contributed by atoms with van der Waals surface area (Å²) in [5.41, 5.74) is 2.12. The predicted octanol–water partition coefficient (Wildman–Crippen LogP) is 1.98. The molecule has 5 heteroatoms. The molecule has 0 aliphatic carbocycles. The molecule has 1 amide bonds. The van der Waals surface area contributed by atoms with Gasteiger partial charge in [0.1, 0.15) is 11.6 Å². The van der Waals surface area contributed by atoms with Crippen molar-refractivity contribution < 1.29 is 9.90 Å². The third kappa shape index (κ3) is 2.28. The maximum absolute atomic E-state index is 12.0. The lowest BCUT2D eigenvalue weighted by Crippen LogP contribution is -2.14. The van der Waals surface area contributed by atoms with E-state index in [0.29, 0.717) is 11.4 Å². The number of nitrogens with zero attached hydrogens (tertiary/aromatic N) is 1. The van der Waals surface area contributed by atoms with Crippen LogP contribution in [-0.4, -0.2) is 21.2 Å². The summed E-state index contributed by atoms with van der Waals surface area (Å²) in [6.07, 6.45) is 1.64. The Morgan fingerprint density at radius 2 is 2.12 bits per heavy atom. The number of nitrogens with one attached hydrogen (secondary N) is 2. The molecular weight excluding hydrogens is 218 g/mol. The van der Waals surface area contributed by atoms with Crippen molar-refractivity contribution in [3.8, 4) is 5.75 Å². The summed E-state index contributed by atoms with van der Waals surface area (Å²) < 4.78 is 0. The number of phenolic OH excluding ortho intramolecular Hbond substituents is 1. The summed E-state index contributed by atoms with van der Waals surface area (Å²) in [6, 6.07) is 4.63. The largest absolute Gasteiger partial charge is 0.508 e. The number of benzene rings is 1. The molecule has 0 aliphatic heterocycles. The Hall–Kier alpha value is -2.30. The molecule has 3 N–H and O–H groups in total. The van der Waals surface area contributed by atoms with E-state index in [1.165, 1.54) is 6.07 Å². The van der Waals surface area contributed by atoms with Gasteiger partial charge in [-0.15, -0.1) is 0 Å². The van der Waals surface area contributed by atoms with Gasteiger partial charge >= 0.3 is 0 Å². The van der Waals surface area contributed by atoms with Crippen LogP contribution in [0.3, 0.4) is 0 Å². The van der Waals surface area contributed by atoms with Crippen molar-refractivity contribution in [2.45, 2.75) is 13.8 Å². The number of H-pyrrole nitrogens is 1. The Labute approximate surface area is 98.5 Å². The van der Waals surface area contributed by atoms with Crippen molar-refractivity contribution in [1.29, 1.82) is 0 Å². The van der Waals surface area contributed by atoms with Gasteiger partial charge in [0.25, 0.3) is 5.91 Å². The molecule has 2 aromatic rings. The fourth-order valence-electron chi connectivity index (χ4n) is 1.56. The van der Waals surface area contributed by atoms with Gasteiger partial charge in [-0.2, -0.15) is 5.10 Å². The van der Waals surface area contributed by atoms with E-state index in [-0.39, 0.29) is 11.7 Å². The van der Waals surface area contributed by atoms with Crippen LogP contribution in [0.25, 0.3) is 0 Å². The fraction of sp³-hybridized carbons (Fsp3) is 0.167. The van der Waals surface area contributed by atoms with E-state index >= 15 is 0 Å². The zero-order valence-corrected chi connectivity index (χ0v) is 9.61. The molecule has 2 rings (SSSR count). The zero-order valence-electron chi connectivity index (χ0n) is 9.61. The number of aromatic nitrogens is 2. The zero-order chi connectivity index (χ0) is 12.4. The number of amides is 1. The Morgan fingerprint density at radius 1 is 1.35 bits per heavy atom. The number of anilines is 1. The third-order valence-corrected chi connectivity index (χ3v) is 2.52. The topological polar surface area (TPSA) is 78.0 Å². The number of hydrogen-bond acceptors (Lipinski definition) is 3. The number of rotatable bonds is 2. The van der Waals surface area contributed by atoms with Crippen LogP contribution < -0.4 is 5.32 Å². The summed E-state index contributed by atoms with van der Waals surface area (Å²) in [7, 11) is 0. The second-order valence-corrected chi connectivity index (χ2v) is 3.88. The highest BCUT2D eigenvalue weighted by Crippen LogP contribution is 2.17. The quantitative estimate of drug-likeness (QED) is 0.739. The van der Waals surface area contributed by atoms with Crippen LogP contribution in [0.1, 0.15) is 21.5 Å². The summed E-state index contributed by atoms with van der Waals surface area (Å²) in [5, 5.41) is 18.5. The van der Waals surface area contributed by atoms with Crippen LogP contribution in [0.4, 0.5) is 5.82 Å². The van der Waals surface area contributed by atoms with E-state index in [4.69, 9.17) is 0 Å². The molecule has 88 valence electrons. The molecule has 1 aromatic carbocycles. The highest BCUT2D eigenvalue weighted by atomic mass is 16.3. The third-order valence-electron chi connectivity index (χ3n) is 2.52. The van der Waals surface area contributed by atoms with Crippen molar-refractivity contribution in [2.75, 3.05) is 5.32 Å². The fourth-order valence-corrected chi connectivity index (χ4v) is 1.56. The van der Waals surface area contributed by atoms with Crippen molar-refractivity contribution in [3.63, 3.8) is 0 Å². The molecule has 0 fully saturated rings. The normalized spacial score (nSPS) is 10.2. The molecule has 0 saturated carbocycles. The van der Waals surface area contributed by atoms with Crippen LogP contribution in [0, 0.1) is 13.8 Å². The molecule has 17 heavy (non-hydrogen) atoms. The number of phenols is 1. The van der Waals surface area contributed by atoms with E-state index in [9.17, 15) is 9.90 Å². The molecule has 0 saturated heterocycles. The number of aromatic amines is 1. The van der Waals surface area contributed by atoms with E-state index in [0.717, 1.165) is 11.1 Å². The van der Waals surface area contributed by atoms with Gasteiger partial charge in [-0.1, -0.05) is 0 Å². The molecular formula is C12H13N3O2. The van der Waals surface area contributed by atoms with Gasteiger partial charge in [0.15, 0.2) is 0 Å². The standard InChI is InChI=1S/C12H13N3O2/c1-7-5-9(16)3-4-10(7)12(17)14-11-8(2)6-13-15-11/h3-6,16H,1-2H3,(H2,13,14,15,17). The molecule has 1 heterocycles. The first-order valence-corrected chi connectivity index (χ1v) is 5.19. The maximum atomic E-state index is 12.0. The molecule has 5 nitrogen and oxygen atoms in total. The van der Waals surface area contributed by atoms with E-state index < -0.39 is 0 Å². The van der Waals surface area contributed by atoms with Crippen LogP contribution in [0.15, 0.2) is 24.4 Å². The summed E-state index contributed by atoms with van der Waals surface area (Å²) in [5.74, 6) is 0.508. The average Bonchev–Trinajstić information content (AvgIpc) is 2.64. The van der Waals surface area contributed by atoms with Gasteiger partial charge in [-0.05, 0) is 37.6 Å². The minimum Gasteiger partial charge on any atom is -0.508 e. The molecule has 0 bridgehead atoms. The maximum Gasteiger partial charge on any atom is 0.257 e. The number of aromatic hydroxyl groups is 1. The lowest BCUT2D eigenvalue weighted by molar-refractivity contribution is 0.102. The van der Waals surface area contributed by atoms with Crippen LogP contribution in [0.2, 0.25) is 0 Å². The average molecular weight is 231 g/mol. The van der Waals surface area contributed by atoms with Gasteiger partial charge in [-0.25, -0.2) is 0 Å². The van der Waals surface area contributed by atoms with Crippen molar-refractivity contribution in [1.82, 2.24) is 10.2 Å². The molecule has 0 radical (unpaired) electrons. The summed E-state index contributed by atoms with van der Waals surface area (Å²) in [4.78, 5) is 12.0. The van der Waals surface area contributed by atoms with E-state index in [1.807, 2.05) is 6.92 Å². The summed E-state index contributed by atoms with van der Waals surface area (Å²) >= 11 is 0. The van der Waals surface area contributed by atoms with Gasteiger partial charge in [0.05, 0.1) is 6.20 Å². The van der Waals surface area contributed by atoms with Crippen LogP contribution in [0.5, 0.6) is 5.75 Å². The van der Waals surface area contributed by atoms with Gasteiger partial charge < -0.3 is 10.4 Å². The van der Waals surface area contributed by atoms with Crippen molar-refractivity contribution >= 4 is 11.7 Å². The van der Waals surface area contributed by atoms with E-state index in [1.54, 1.807) is 25.3 Å². The number of aryl methyl sites for hydroxylation is 2. The number of carbonyl (C=O) groups excluding carboxylic acids is 1. The Morgan fingerprint density at radius 3 is 2.71 bits per heavy atom. The van der Waals surface area contributed by atoms with Gasteiger partial charge in [0.2, 0.25) is 0 Å². The second-order valence-electron chi connectivity index (χ2n) is 3.88. The first-order chi connectivity index (χ1) is 8.08. The number of hydrogen-bond donors (Lipinski definition) is 3. The van der Waals surface area contributed by atoms with Gasteiger partial charge in [0, 0.05) is 11.1 Å². The number of carbonyl (C=O) groups is 1. The van der Waals surface area contributed by atoms with Crippen LogP contribution in [-0.2, 0) is 0 Å². The lowest BCUT2D eigenvalue weighted by Gasteiger charge is -2.07. The molecule has 1 aromatic heterocycles. The molecule has 0 spiro atoms. The second kappa shape index (κ2) is 4.29. The Kier molecular flexibility index (Phi) is 2.82. The Bertz CT molecular complexity index is 561. The smallest absolute Gasteiger partial charge is 0.257 e. The molecule has 0 unspecified atom stereocenters. The van der Waals surface area contributed by atoms with Crippen LogP contribution >= 0.6 is 0 Å². The van der Waals surface area contributed by atoms with Gasteiger partial charge in [-0.3, -0.25) is 9.89 Å². The Balaban J connectivity index is 2.23.